The van der Waals surface area contributed by atoms with Gasteiger partial charge in [0.2, 0.25) is 6.29 Å². The molecule has 41 heavy (non-hydrogen) atoms. The summed E-state index contributed by atoms with van der Waals surface area (Å²) in [6.07, 6.45) is 16.6. The number of aliphatic hydroxyl groups excluding tert-OH is 2. The van der Waals surface area contributed by atoms with Crippen LogP contribution in [0.15, 0.2) is 30.6 Å². The van der Waals surface area contributed by atoms with E-state index in [0.717, 1.165) is 12.0 Å². The summed E-state index contributed by atoms with van der Waals surface area (Å²) in [6, 6.07) is 0. The summed E-state index contributed by atoms with van der Waals surface area (Å²) < 4.78 is 0. The fraction of sp³-hybridized carbons (Fsp3) is 0.778. The summed E-state index contributed by atoms with van der Waals surface area (Å²) in [4.78, 5) is 8.53. The van der Waals surface area contributed by atoms with Gasteiger partial charge in [0, 0.05) is 24.6 Å². The van der Waals surface area contributed by atoms with Gasteiger partial charge in [0.1, 0.15) is 0 Å². The van der Waals surface area contributed by atoms with Crippen molar-refractivity contribution in [1.29, 1.82) is 0 Å². The van der Waals surface area contributed by atoms with Crippen LogP contribution in [-0.2, 0) is 0 Å². The van der Waals surface area contributed by atoms with Gasteiger partial charge in [-0.1, -0.05) is 52.8 Å². The normalized spacial score (nSPS) is 44.8. The van der Waals surface area contributed by atoms with E-state index < -0.39 is 6.29 Å². The lowest BCUT2D eigenvalue weighted by atomic mass is 9.31. The highest BCUT2D eigenvalue weighted by molar-refractivity contribution is 5.70. The molecule has 5 aliphatic carbocycles. The third-order valence-electron chi connectivity index (χ3n) is 14.6. The molecular weight excluding hydrogens is 508 g/mol. The third kappa shape index (κ3) is 3.83. The smallest absolute Gasteiger partial charge is 0.214 e. The largest absolute Gasteiger partial charge is 0.396 e. The van der Waals surface area contributed by atoms with Crippen LogP contribution in [0.4, 0.5) is 0 Å². The molecule has 226 valence electrons. The fourth-order valence-corrected chi connectivity index (χ4v) is 12.9. The number of fused-ring (bicyclic) bond motifs is 7. The first kappa shape index (κ1) is 29.5. The van der Waals surface area contributed by atoms with Crippen LogP contribution in [0.2, 0.25) is 0 Å². The molecule has 9 unspecified atom stereocenters. The lowest BCUT2D eigenvalue weighted by Crippen LogP contribution is -2.66. The van der Waals surface area contributed by atoms with Gasteiger partial charge < -0.3 is 15.3 Å². The zero-order valence-electron chi connectivity index (χ0n) is 26.4. The molecule has 4 saturated carbocycles. The molecule has 0 radical (unpaired) electrons. The monoisotopic (exact) mass is 562 g/mol. The molecule has 3 N–H and O–H groups in total. The number of hydrogen-bond donors (Lipinski definition) is 3. The van der Waals surface area contributed by atoms with Crippen molar-refractivity contribution in [2.75, 3.05) is 6.61 Å². The van der Waals surface area contributed by atoms with E-state index in [-0.39, 0.29) is 22.1 Å². The Hall–Kier alpha value is -1.56. The van der Waals surface area contributed by atoms with Crippen LogP contribution in [0.3, 0.4) is 0 Å². The maximum atomic E-state index is 10.8. The molecule has 1 aromatic rings. The zero-order chi connectivity index (χ0) is 29.6. The van der Waals surface area contributed by atoms with E-state index in [1.54, 1.807) is 12.4 Å². The van der Waals surface area contributed by atoms with Gasteiger partial charge in [-0.3, -0.25) is 0 Å². The van der Waals surface area contributed by atoms with Gasteiger partial charge in [0.15, 0.2) is 5.82 Å². The van der Waals surface area contributed by atoms with E-state index in [9.17, 15) is 15.3 Å². The number of nitrogens with zero attached hydrogens (tertiary/aromatic N) is 2. The van der Waals surface area contributed by atoms with E-state index in [0.29, 0.717) is 47.0 Å². The van der Waals surface area contributed by atoms with Crippen LogP contribution in [-0.4, -0.2) is 31.9 Å². The minimum Gasteiger partial charge on any atom is -0.396 e. The van der Waals surface area contributed by atoms with Crippen molar-refractivity contribution in [3.63, 3.8) is 0 Å². The van der Waals surface area contributed by atoms with Gasteiger partial charge in [-0.2, -0.15) is 0 Å². The SMILES string of the molecule is C=C(C)C1CCC2(CO)CCC3(CC)C(CCC4C5(C)CC=C(c6cnc(C(O)O)nc6)C(C)(C)C5CCC43C)C12. The standard InChI is InChI=1S/C36H54N2O3/c1-8-36-18-17-35(21-39)16-11-24(22(2)3)29(35)26(36)9-10-28-33(6)14-12-25(23-19-37-30(31(40)41)38-20-23)32(4,5)27(33)13-15-34(28,36)7/h12,19-20,24,26-29,31,39-41H,2,8-11,13-18,21H2,1,3-7H3. The molecule has 0 aromatic carbocycles. The zero-order valence-corrected chi connectivity index (χ0v) is 26.4. The molecule has 5 aliphatic rings. The minimum absolute atomic E-state index is 0.0254. The lowest BCUT2D eigenvalue weighted by Gasteiger charge is -2.73. The van der Waals surface area contributed by atoms with Crippen LogP contribution in [0.5, 0.6) is 0 Å². The Morgan fingerprint density at radius 3 is 2.29 bits per heavy atom. The van der Waals surface area contributed by atoms with Crippen LogP contribution in [0.25, 0.3) is 5.57 Å². The van der Waals surface area contributed by atoms with E-state index in [1.165, 1.54) is 68.9 Å². The van der Waals surface area contributed by atoms with Crippen molar-refractivity contribution in [2.24, 2.45) is 56.7 Å². The van der Waals surface area contributed by atoms with Crippen LogP contribution >= 0.6 is 0 Å². The maximum Gasteiger partial charge on any atom is 0.214 e. The summed E-state index contributed by atoms with van der Waals surface area (Å²) in [5, 5.41) is 29.8. The van der Waals surface area contributed by atoms with Crippen LogP contribution in [0, 0.1) is 56.7 Å². The lowest BCUT2D eigenvalue weighted by molar-refractivity contribution is -0.236. The average molecular weight is 563 g/mol. The Morgan fingerprint density at radius 2 is 1.68 bits per heavy atom. The fourth-order valence-electron chi connectivity index (χ4n) is 12.9. The highest BCUT2D eigenvalue weighted by Crippen LogP contribution is 2.78. The summed E-state index contributed by atoms with van der Waals surface area (Å²) in [6.45, 7) is 19.7. The Morgan fingerprint density at radius 1 is 0.976 bits per heavy atom. The number of aromatic nitrogens is 2. The molecule has 0 amide bonds. The number of aliphatic hydroxyl groups is 3. The van der Waals surface area contributed by atoms with E-state index in [2.05, 4.69) is 64.2 Å². The molecule has 5 nitrogen and oxygen atoms in total. The first-order valence-electron chi connectivity index (χ1n) is 16.5. The number of allylic oxidation sites excluding steroid dienone is 3. The molecule has 6 rings (SSSR count). The Kier molecular flexibility index (Phi) is 7.00. The van der Waals surface area contributed by atoms with Crippen molar-refractivity contribution < 1.29 is 15.3 Å². The predicted octanol–water partition coefficient (Wildman–Crippen LogP) is 7.49. The summed E-state index contributed by atoms with van der Waals surface area (Å²) in [5.41, 5.74) is 4.58. The summed E-state index contributed by atoms with van der Waals surface area (Å²) in [5.74, 6) is 3.12. The predicted molar refractivity (Wildman–Crippen MR) is 163 cm³/mol. The molecule has 9 atom stereocenters. The first-order chi connectivity index (χ1) is 19.3. The van der Waals surface area contributed by atoms with Crippen molar-refractivity contribution in [1.82, 2.24) is 9.97 Å². The number of rotatable bonds is 5. The highest BCUT2D eigenvalue weighted by atomic mass is 16.5. The molecule has 0 bridgehead atoms. The van der Waals surface area contributed by atoms with E-state index >= 15 is 0 Å². The molecule has 5 heteroatoms. The van der Waals surface area contributed by atoms with Gasteiger partial charge in [-0.15, -0.1) is 0 Å². The Bertz CT molecular complexity index is 1220. The maximum absolute atomic E-state index is 10.8. The molecular formula is C36H54N2O3. The van der Waals surface area contributed by atoms with E-state index in [1.807, 2.05) is 0 Å². The van der Waals surface area contributed by atoms with Crippen molar-refractivity contribution in [2.45, 2.75) is 112 Å². The van der Waals surface area contributed by atoms with Gasteiger partial charge in [-0.05, 0) is 133 Å². The highest BCUT2D eigenvalue weighted by Gasteiger charge is 2.71. The molecule has 4 fully saturated rings. The van der Waals surface area contributed by atoms with Gasteiger partial charge in [0.05, 0.1) is 0 Å². The van der Waals surface area contributed by atoms with Crippen LogP contribution in [0.1, 0.15) is 123 Å². The minimum atomic E-state index is -1.64. The van der Waals surface area contributed by atoms with Crippen molar-refractivity contribution in [3.05, 3.63) is 42.0 Å². The molecule has 0 saturated heterocycles. The molecule has 0 spiro atoms. The van der Waals surface area contributed by atoms with Gasteiger partial charge in [0.25, 0.3) is 0 Å². The Labute approximate surface area is 248 Å². The second kappa shape index (κ2) is 9.72. The van der Waals surface area contributed by atoms with Crippen molar-refractivity contribution >= 4 is 5.57 Å². The molecule has 0 aliphatic heterocycles. The van der Waals surface area contributed by atoms with Gasteiger partial charge in [-0.25, -0.2) is 9.97 Å². The van der Waals surface area contributed by atoms with Gasteiger partial charge >= 0.3 is 0 Å². The first-order valence-corrected chi connectivity index (χ1v) is 16.5. The third-order valence-corrected chi connectivity index (χ3v) is 14.6. The second-order valence-electron chi connectivity index (χ2n) is 16.0. The number of hydrogen-bond acceptors (Lipinski definition) is 5. The molecule has 1 aromatic heterocycles. The van der Waals surface area contributed by atoms with Crippen LogP contribution < -0.4 is 0 Å². The van der Waals surface area contributed by atoms with E-state index in [4.69, 9.17) is 0 Å². The molecule has 1 heterocycles. The quantitative estimate of drug-likeness (QED) is 0.256. The Balaban J connectivity index is 1.38. The van der Waals surface area contributed by atoms with Crippen molar-refractivity contribution in [3.8, 4) is 0 Å². The average Bonchev–Trinajstić information content (AvgIpc) is 3.33. The topological polar surface area (TPSA) is 86.5 Å². The summed E-state index contributed by atoms with van der Waals surface area (Å²) >= 11 is 0. The summed E-state index contributed by atoms with van der Waals surface area (Å²) in [7, 11) is 0. The second-order valence-corrected chi connectivity index (χ2v) is 16.0.